The summed E-state index contributed by atoms with van der Waals surface area (Å²) in [5.74, 6) is 3.76. The summed E-state index contributed by atoms with van der Waals surface area (Å²) in [6.45, 7) is 4.93. The third-order valence-electron chi connectivity index (χ3n) is 9.06. The first-order valence-corrected chi connectivity index (χ1v) is 16.0. The van der Waals surface area contributed by atoms with E-state index in [2.05, 4.69) is 16.7 Å². The molecule has 2 fully saturated rings. The van der Waals surface area contributed by atoms with Crippen LogP contribution in [0.25, 0.3) is 11.3 Å². The summed E-state index contributed by atoms with van der Waals surface area (Å²) in [6, 6.07) is 16.2. The molecular weight excluding hydrogens is 628 g/mol. The third kappa shape index (κ3) is 6.31. The van der Waals surface area contributed by atoms with E-state index in [0.29, 0.717) is 53.2 Å². The molecule has 7 rings (SSSR count). The van der Waals surface area contributed by atoms with E-state index in [9.17, 15) is 18.7 Å². The third-order valence-corrected chi connectivity index (χ3v) is 9.29. The van der Waals surface area contributed by atoms with Crippen LogP contribution in [0.2, 0.25) is 5.02 Å². The number of imidazole rings is 1. The number of halogens is 3. The molecule has 1 aromatic heterocycles. The number of piperidine rings is 1. The lowest BCUT2D eigenvalue weighted by atomic mass is 9.88. The first-order chi connectivity index (χ1) is 22.7. The molecule has 3 aliphatic heterocycles. The number of aliphatic carboxylic acids is 1. The van der Waals surface area contributed by atoms with Gasteiger partial charge < -0.3 is 23.9 Å². The average Bonchev–Trinajstić information content (AvgIpc) is 3.55. The molecule has 3 aliphatic rings. The van der Waals surface area contributed by atoms with Crippen LogP contribution in [0.3, 0.4) is 0 Å². The van der Waals surface area contributed by atoms with Gasteiger partial charge in [0, 0.05) is 35.6 Å². The highest BCUT2D eigenvalue weighted by molar-refractivity contribution is 6.30. The van der Waals surface area contributed by atoms with Gasteiger partial charge >= 0.3 is 5.97 Å². The van der Waals surface area contributed by atoms with Gasteiger partial charge in [-0.05, 0) is 92.7 Å². The molecule has 242 valence electrons. The van der Waals surface area contributed by atoms with E-state index in [1.54, 1.807) is 31.2 Å². The van der Waals surface area contributed by atoms with Crippen molar-refractivity contribution in [3.8, 4) is 34.6 Å². The van der Waals surface area contributed by atoms with Crippen LogP contribution in [0.15, 0.2) is 60.7 Å². The molecule has 2 atom stereocenters. The molecular formula is C36H32ClF2N3O5. The zero-order valence-electron chi connectivity index (χ0n) is 25.6. The van der Waals surface area contributed by atoms with Crippen molar-refractivity contribution in [1.82, 2.24) is 14.5 Å². The zero-order chi connectivity index (χ0) is 32.7. The van der Waals surface area contributed by atoms with Gasteiger partial charge in [-0.3, -0.25) is 4.90 Å². The summed E-state index contributed by atoms with van der Waals surface area (Å²) < 4.78 is 48.8. The molecule has 0 spiro atoms. The summed E-state index contributed by atoms with van der Waals surface area (Å²) in [7, 11) is 0. The molecule has 0 bridgehead atoms. The van der Waals surface area contributed by atoms with Gasteiger partial charge in [0.1, 0.15) is 28.8 Å². The van der Waals surface area contributed by atoms with E-state index < -0.39 is 17.6 Å². The van der Waals surface area contributed by atoms with Crippen molar-refractivity contribution in [2.45, 2.75) is 57.1 Å². The number of aromatic nitrogens is 2. The number of ether oxygens (including phenoxy) is 3. The van der Waals surface area contributed by atoms with E-state index in [1.165, 1.54) is 18.2 Å². The Bertz CT molecular complexity index is 1890. The van der Waals surface area contributed by atoms with Crippen LogP contribution in [0.5, 0.6) is 11.5 Å². The number of benzene rings is 3. The van der Waals surface area contributed by atoms with E-state index in [-0.39, 0.29) is 23.4 Å². The average molecular weight is 660 g/mol. The maximum atomic E-state index is 14.9. The SMILES string of the molecule is CC1(c2ccc(Cl)cc2F)Oc2cccc(C3CCN(Cc4nc(-c5ccc(F)cc5)c(C#CC(=O)O)n4CC4CCO4)CC3)c2O1. The molecule has 0 saturated carbocycles. The van der Waals surface area contributed by atoms with Crippen LogP contribution in [-0.4, -0.2) is 51.3 Å². The highest BCUT2D eigenvalue weighted by atomic mass is 35.5. The number of carboxylic acids is 1. The van der Waals surface area contributed by atoms with Gasteiger partial charge in [0.05, 0.1) is 24.8 Å². The Morgan fingerprint density at radius 2 is 1.85 bits per heavy atom. The van der Waals surface area contributed by atoms with Gasteiger partial charge in [-0.15, -0.1) is 0 Å². The Labute approximate surface area is 275 Å². The van der Waals surface area contributed by atoms with Gasteiger partial charge in [0.2, 0.25) is 0 Å². The van der Waals surface area contributed by atoms with E-state index in [4.69, 9.17) is 30.8 Å². The topological polar surface area (TPSA) is 86.1 Å². The Kier molecular flexibility index (Phi) is 8.39. The number of hydrogen-bond acceptors (Lipinski definition) is 6. The number of nitrogens with zero attached hydrogens (tertiary/aromatic N) is 3. The molecule has 2 unspecified atom stereocenters. The molecule has 8 nitrogen and oxygen atoms in total. The Morgan fingerprint density at radius 1 is 1.09 bits per heavy atom. The van der Waals surface area contributed by atoms with Crippen molar-refractivity contribution >= 4 is 17.6 Å². The minimum Gasteiger partial charge on any atom is -0.472 e. The van der Waals surface area contributed by atoms with Gasteiger partial charge in [-0.2, -0.15) is 0 Å². The van der Waals surface area contributed by atoms with Gasteiger partial charge in [0.25, 0.3) is 5.79 Å². The van der Waals surface area contributed by atoms with Crippen LogP contribution in [0.1, 0.15) is 54.7 Å². The predicted octanol–water partition coefficient (Wildman–Crippen LogP) is 6.73. The largest absolute Gasteiger partial charge is 0.472 e. The van der Waals surface area contributed by atoms with Crippen LogP contribution >= 0.6 is 11.6 Å². The predicted molar refractivity (Wildman–Crippen MR) is 170 cm³/mol. The summed E-state index contributed by atoms with van der Waals surface area (Å²) in [4.78, 5) is 18.7. The fraction of sp³-hybridized carbons (Fsp3) is 0.333. The lowest BCUT2D eigenvalue weighted by Crippen LogP contribution is -2.35. The standard InChI is InChI=1S/C36H32ClF2N3O5/c1-36(28-10-7-24(37)19-29(28)39)46-31-4-2-3-27(35(31)47-36)22-13-16-41(17-14-22)21-32-40-34(23-5-8-25(38)9-6-23)30(11-12-33(43)44)42(32)20-26-15-18-45-26/h2-10,19,22,26H,13-18,20-21H2,1H3,(H,43,44). The molecule has 2 saturated heterocycles. The maximum Gasteiger partial charge on any atom is 0.382 e. The highest BCUT2D eigenvalue weighted by Crippen LogP contribution is 2.50. The number of para-hydroxylation sites is 1. The summed E-state index contributed by atoms with van der Waals surface area (Å²) in [5, 5.41) is 9.63. The van der Waals surface area contributed by atoms with Crippen molar-refractivity contribution in [2.75, 3.05) is 19.7 Å². The fourth-order valence-corrected chi connectivity index (χ4v) is 6.70. The number of rotatable bonds is 7. The maximum absolute atomic E-state index is 14.9. The summed E-state index contributed by atoms with van der Waals surface area (Å²) in [6.07, 6.45) is 2.55. The normalized spacial score (nSPS) is 20.8. The molecule has 47 heavy (non-hydrogen) atoms. The minimum absolute atomic E-state index is 0.0189. The van der Waals surface area contributed by atoms with E-state index in [0.717, 1.165) is 43.7 Å². The smallest absolute Gasteiger partial charge is 0.382 e. The fourth-order valence-electron chi connectivity index (χ4n) is 6.54. The summed E-state index contributed by atoms with van der Waals surface area (Å²) >= 11 is 5.98. The Hall–Kier alpha value is -4.43. The van der Waals surface area contributed by atoms with Crippen molar-refractivity contribution in [3.63, 3.8) is 0 Å². The number of carboxylic acid groups (broad SMARTS) is 1. The lowest BCUT2D eigenvalue weighted by molar-refractivity contribution is -0.130. The van der Waals surface area contributed by atoms with Crippen LogP contribution in [0.4, 0.5) is 8.78 Å². The van der Waals surface area contributed by atoms with E-state index >= 15 is 0 Å². The molecule has 11 heteroatoms. The molecule has 0 amide bonds. The molecule has 1 N–H and O–H groups in total. The van der Waals surface area contributed by atoms with Crippen molar-refractivity contribution in [2.24, 2.45) is 0 Å². The quantitative estimate of drug-likeness (QED) is 0.220. The van der Waals surface area contributed by atoms with Crippen molar-refractivity contribution in [3.05, 3.63) is 100.0 Å². The Balaban J connectivity index is 1.12. The second-order valence-corrected chi connectivity index (χ2v) is 12.6. The Morgan fingerprint density at radius 3 is 2.53 bits per heavy atom. The lowest BCUT2D eigenvalue weighted by Gasteiger charge is -2.33. The number of likely N-dealkylation sites (tertiary alicyclic amines) is 1. The number of fused-ring (bicyclic) bond motifs is 1. The highest BCUT2D eigenvalue weighted by Gasteiger charge is 2.43. The van der Waals surface area contributed by atoms with Crippen LogP contribution in [0, 0.1) is 23.5 Å². The van der Waals surface area contributed by atoms with Crippen LogP contribution in [-0.2, 0) is 28.4 Å². The van der Waals surface area contributed by atoms with Gasteiger partial charge in [-0.25, -0.2) is 18.6 Å². The molecule has 0 radical (unpaired) electrons. The number of carbonyl (C=O) groups is 1. The molecule has 3 aromatic carbocycles. The number of hydrogen-bond donors (Lipinski definition) is 1. The van der Waals surface area contributed by atoms with Crippen molar-refractivity contribution < 1.29 is 32.9 Å². The van der Waals surface area contributed by atoms with Gasteiger partial charge in [0.15, 0.2) is 11.5 Å². The first-order valence-electron chi connectivity index (χ1n) is 15.6. The monoisotopic (exact) mass is 659 g/mol. The van der Waals surface area contributed by atoms with Crippen LogP contribution < -0.4 is 9.47 Å². The van der Waals surface area contributed by atoms with Gasteiger partial charge in [-0.1, -0.05) is 23.7 Å². The molecule has 0 aliphatic carbocycles. The van der Waals surface area contributed by atoms with E-state index in [1.807, 2.05) is 22.8 Å². The second-order valence-electron chi connectivity index (χ2n) is 12.2. The second kappa shape index (κ2) is 12.6. The zero-order valence-corrected chi connectivity index (χ0v) is 26.4. The van der Waals surface area contributed by atoms with Crippen molar-refractivity contribution in [1.29, 1.82) is 0 Å². The molecule has 4 heterocycles. The minimum atomic E-state index is -1.32. The summed E-state index contributed by atoms with van der Waals surface area (Å²) in [5.41, 5.74) is 2.93. The first kappa shape index (κ1) is 31.2. The molecule has 4 aromatic rings.